The second-order valence-corrected chi connectivity index (χ2v) is 10.5. The molecule has 0 amide bonds. The Kier molecular flexibility index (Phi) is 4.79. The van der Waals surface area contributed by atoms with E-state index >= 15 is 0 Å². The first kappa shape index (κ1) is 14.0. The maximum atomic E-state index is 12.3. The van der Waals surface area contributed by atoms with Gasteiger partial charge in [0.15, 0.2) is 5.78 Å². The average molecular weight is 282 g/mol. The molecular weight excluding hydrogens is 260 g/mol. The van der Waals surface area contributed by atoms with Gasteiger partial charge in [-0.25, -0.2) is 10.0 Å². The van der Waals surface area contributed by atoms with Crippen molar-refractivity contribution >= 4 is 27.6 Å². The van der Waals surface area contributed by atoms with Crippen LogP contribution in [0.4, 0.5) is 0 Å². The second kappa shape index (κ2) is 6.16. The Bertz CT molecular complexity index is 405. The smallest absolute Gasteiger partial charge is 0.171 e. The molecule has 0 aliphatic carbocycles. The summed E-state index contributed by atoms with van der Waals surface area (Å²) in [7, 11) is -0.626. The molecule has 0 bridgehead atoms. The van der Waals surface area contributed by atoms with Crippen LogP contribution in [0.3, 0.4) is 0 Å². The van der Waals surface area contributed by atoms with Gasteiger partial charge in [0.1, 0.15) is 0 Å². The van der Waals surface area contributed by atoms with Crippen LogP contribution in [0.15, 0.2) is 29.2 Å². The summed E-state index contributed by atoms with van der Waals surface area (Å²) in [6.07, 6.45) is 5.00. The molecule has 0 unspecified atom stereocenters. The summed E-state index contributed by atoms with van der Waals surface area (Å²) in [6.45, 7) is 2.15. The minimum Gasteiger partial charge on any atom is -0.293 e. The van der Waals surface area contributed by atoms with E-state index in [1.54, 1.807) is 0 Å². The summed E-state index contributed by atoms with van der Waals surface area (Å²) >= 11 is 1.82. The fourth-order valence-corrected chi connectivity index (χ4v) is 6.21. The molecular formula is C15H22OS2. The number of carbonyl (C=O) groups is 1. The number of ketones is 1. The fourth-order valence-electron chi connectivity index (χ4n) is 2.45. The Morgan fingerprint density at radius 2 is 1.83 bits per heavy atom. The highest BCUT2D eigenvalue weighted by molar-refractivity contribution is 8.33. The van der Waals surface area contributed by atoms with E-state index in [0.29, 0.717) is 5.78 Å². The molecule has 2 rings (SSSR count). The molecule has 100 valence electrons. The summed E-state index contributed by atoms with van der Waals surface area (Å²) in [5.74, 6) is 4.82. The van der Waals surface area contributed by atoms with E-state index in [-0.39, 0.29) is 0 Å². The lowest BCUT2D eigenvalue weighted by Gasteiger charge is -2.29. The van der Waals surface area contributed by atoms with Crippen molar-refractivity contribution in [1.82, 2.24) is 0 Å². The van der Waals surface area contributed by atoms with Crippen LogP contribution in [-0.2, 0) is 0 Å². The highest BCUT2D eigenvalue weighted by atomic mass is 32.3. The molecule has 0 N–H and O–H groups in total. The number of carbonyl (C=O) groups excluding carboxylic acids is 1. The largest absolute Gasteiger partial charge is 0.293 e. The summed E-state index contributed by atoms with van der Waals surface area (Å²) < 4.78 is 0. The van der Waals surface area contributed by atoms with Crippen LogP contribution in [0.5, 0.6) is 0 Å². The van der Waals surface area contributed by atoms with Crippen LogP contribution < -0.4 is 0 Å². The minimum atomic E-state index is -0.626. The summed E-state index contributed by atoms with van der Waals surface area (Å²) in [5.41, 5.74) is 0.899. The van der Waals surface area contributed by atoms with Gasteiger partial charge in [-0.3, -0.25) is 4.79 Å². The van der Waals surface area contributed by atoms with E-state index in [4.69, 9.17) is 0 Å². The van der Waals surface area contributed by atoms with E-state index in [1.165, 1.54) is 29.2 Å². The number of rotatable bonds is 5. The fraction of sp³-hybridized carbons (Fsp3) is 0.533. The van der Waals surface area contributed by atoms with Crippen molar-refractivity contribution in [2.75, 3.05) is 29.3 Å². The molecule has 1 saturated heterocycles. The zero-order valence-corrected chi connectivity index (χ0v) is 12.9. The number of hydrogen-bond acceptors (Lipinski definition) is 2. The van der Waals surface area contributed by atoms with Gasteiger partial charge in [0.25, 0.3) is 0 Å². The molecule has 1 aliphatic rings. The van der Waals surface area contributed by atoms with E-state index in [2.05, 4.69) is 25.3 Å². The molecule has 3 heteroatoms. The highest BCUT2D eigenvalue weighted by Crippen LogP contribution is 2.50. The van der Waals surface area contributed by atoms with Crippen LogP contribution in [-0.4, -0.2) is 35.1 Å². The van der Waals surface area contributed by atoms with E-state index in [9.17, 15) is 4.79 Å². The van der Waals surface area contributed by atoms with Gasteiger partial charge in [-0.2, -0.15) is 0 Å². The first-order valence-electron chi connectivity index (χ1n) is 6.60. The molecule has 1 heterocycles. The van der Waals surface area contributed by atoms with Crippen LogP contribution in [0.1, 0.15) is 30.1 Å². The molecule has 0 radical (unpaired) electrons. The third-order valence-corrected chi connectivity index (χ3v) is 7.89. The molecule has 1 aliphatic heterocycles. The zero-order chi connectivity index (χ0) is 13.0. The third kappa shape index (κ3) is 3.55. The lowest BCUT2D eigenvalue weighted by atomic mass is 10.1. The number of Topliss-reactive ketones (excluding diaryl/α,β-unsaturated/α-hetero) is 1. The first-order chi connectivity index (χ1) is 8.63. The van der Waals surface area contributed by atoms with Crippen LogP contribution >= 0.6 is 21.8 Å². The van der Waals surface area contributed by atoms with E-state index < -0.39 is 10.0 Å². The van der Waals surface area contributed by atoms with Crippen LogP contribution in [0, 0.1) is 0 Å². The predicted molar refractivity (Wildman–Crippen MR) is 84.5 cm³/mol. The molecule has 0 aromatic heterocycles. The molecule has 0 saturated carbocycles. The molecule has 1 nitrogen and oxygen atoms in total. The van der Waals surface area contributed by atoms with E-state index in [0.717, 1.165) is 17.1 Å². The standard InChI is InChI=1S/C15H22OS2/c1-3-17-14-8-6-13(7-9-14)15(16)12-18(2)10-4-5-11-18/h6-9H,3-5,10-12H2,1-2H3. The predicted octanol–water partition coefficient (Wildman–Crippen LogP) is 4.21. The Morgan fingerprint density at radius 3 is 2.39 bits per heavy atom. The normalized spacial score (nSPS) is 19.7. The van der Waals surface area contributed by atoms with Crippen molar-refractivity contribution < 1.29 is 4.79 Å². The molecule has 1 aromatic carbocycles. The summed E-state index contributed by atoms with van der Waals surface area (Å²) in [6, 6.07) is 8.15. The highest BCUT2D eigenvalue weighted by Gasteiger charge is 2.26. The summed E-state index contributed by atoms with van der Waals surface area (Å²) in [4.78, 5) is 13.5. The van der Waals surface area contributed by atoms with Gasteiger partial charge in [0, 0.05) is 16.2 Å². The number of thioether (sulfide) groups is 1. The second-order valence-electron chi connectivity index (χ2n) is 5.12. The van der Waals surface area contributed by atoms with Crippen molar-refractivity contribution in [3.63, 3.8) is 0 Å². The molecule has 1 fully saturated rings. The van der Waals surface area contributed by atoms with Crippen molar-refractivity contribution in [3.8, 4) is 0 Å². The van der Waals surface area contributed by atoms with Gasteiger partial charge < -0.3 is 0 Å². The number of benzene rings is 1. The Hall–Kier alpha value is -0.410. The topological polar surface area (TPSA) is 17.1 Å². The van der Waals surface area contributed by atoms with Gasteiger partial charge in [0.2, 0.25) is 0 Å². The van der Waals surface area contributed by atoms with Gasteiger partial charge in [-0.15, -0.1) is 11.8 Å². The maximum absolute atomic E-state index is 12.3. The van der Waals surface area contributed by atoms with Gasteiger partial charge >= 0.3 is 0 Å². The number of hydrogen-bond donors (Lipinski definition) is 0. The average Bonchev–Trinajstić information content (AvgIpc) is 2.77. The lowest BCUT2D eigenvalue weighted by molar-refractivity contribution is 0.102. The summed E-state index contributed by atoms with van der Waals surface area (Å²) in [5, 5.41) is 0. The maximum Gasteiger partial charge on any atom is 0.171 e. The SMILES string of the molecule is CCSc1ccc(C(=O)CS2(C)CCCC2)cc1. The van der Waals surface area contributed by atoms with Gasteiger partial charge in [-0.05, 0) is 48.5 Å². The zero-order valence-electron chi connectivity index (χ0n) is 11.3. The van der Waals surface area contributed by atoms with Crippen LogP contribution in [0.25, 0.3) is 0 Å². The molecule has 0 spiro atoms. The van der Waals surface area contributed by atoms with Crippen molar-refractivity contribution in [2.24, 2.45) is 0 Å². The molecule has 18 heavy (non-hydrogen) atoms. The third-order valence-electron chi connectivity index (χ3n) is 3.49. The van der Waals surface area contributed by atoms with Crippen LogP contribution in [0.2, 0.25) is 0 Å². The quantitative estimate of drug-likeness (QED) is 0.594. The lowest BCUT2D eigenvalue weighted by Crippen LogP contribution is -2.14. The first-order valence-corrected chi connectivity index (χ1v) is 10.1. The minimum absolute atomic E-state index is 0.349. The van der Waals surface area contributed by atoms with Gasteiger partial charge in [-0.1, -0.05) is 19.1 Å². The van der Waals surface area contributed by atoms with Crippen molar-refractivity contribution in [3.05, 3.63) is 29.8 Å². The van der Waals surface area contributed by atoms with Crippen molar-refractivity contribution in [1.29, 1.82) is 0 Å². The Morgan fingerprint density at radius 1 is 1.22 bits per heavy atom. The molecule has 0 atom stereocenters. The van der Waals surface area contributed by atoms with Crippen molar-refractivity contribution in [2.45, 2.75) is 24.7 Å². The van der Waals surface area contributed by atoms with E-state index in [1.807, 2.05) is 23.9 Å². The Labute approximate surface area is 116 Å². The molecule has 1 aromatic rings. The van der Waals surface area contributed by atoms with Gasteiger partial charge in [0.05, 0.1) is 0 Å². The Balaban J connectivity index is 2.00. The monoisotopic (exact) mass is 282 g/mol.